The first-order valence-corrected chi connectivity index (χ1v) is 5.81. The van der Waals surface area contributed by atoms with E-state index in [0.717, 1.165) is 22.7 Å². The minimum absolute atomic E-state index is 0.481. The first-order valence-electron chi connectivity index (χ1n) is 5.81. The second-order valence-electron chi connectivity index (χ2n) is 4.17. The molecule has 0 atom stereocenters. The minimum atomic E-state index is 0.481. The molecule has 2 rings (SSSR count). The predicted molar refractivity (Wildman–Crippen MR) is 72.9 cm³/mol. The number of rotatable bonds is 4. The van der Waals surface area contributed by atoms with Gasteiger partial charge < -0.3 is 15.2 Å². The standard InChI is InChI=1S/C15H17NO2/c1-11-3-8-15(17-2)12(9-11)10-18-14-6-4-13(16)5-7-14/h3-9H,10,16H2,1-2H3. The molecule has 0 unspecified atom stereocenters. The summed E-state index contributed by atoms with van der Waals surface area (Å²) in [5.41, 5.74) is 8.58. The molecular formula is C15H17NO2. The smallest absolute Gasteiger partial charge is 0.125 e. The maximum Gasteiger partial charge on any atom is 0.125 e. The summed E-state index contributed by atoms with van der Waals surface area (Å²) in [6.07, 6.45) is 0. The summed E-state index contributed by atoms with van der Waals surface area (Å²) >= 11 is 0. The van der Waals surface area contributed by atoms with Crippen molar-refractivity contribution in [3.05, 3.63) is 53.6 Å². The molecule has 18 heavy (non-hydrogen) atoms. The second kappa shape index (κ2) is 5.45. The minimum Gasteiger partial charge on any atom is -0.496 e. The normalized spacial score (nSPS) is 10.1. The van der Waals surface area contributed by atoms with Crippen LogP contribution in [0.1, 0.15) is 11.1 Å². The Kier molecular flexibility index (Phi) is 3.72. The quantitative estimate of drug-likeness (QED) is 0.839. The fourth-order valence-electron chi connectivity index (χ4n) is 1.75. The Morgan fingerprint density at radius 2 is 1.78 bits per heavy atom. The molecule has 0 bridgehead atoms. The number of aryl methyl sites for hydroxylation is 1. The van der Waals surface area contributed by atoms with E-state index in [2.05, 4.69) is 6.07 Å². The Morgan fingerprint density at radius 1 is 1.06 bits per heavy atom. The summed E-state index contributed by atoms with van der Waals surface area (Å²) < 4.78 is 11.0. The van der Waals surface area contributed by atoms with Gasteiger partial charge in [-0.25, -0.2) is 0 Å². The van der Waals surface area contributed by atoms with Gasteiger partial charge in [0.2, 0.25) is 0 Å². The molecule has 0 aromatic heterocycles. The van der Waals surface area contributed by atoms with Crippen LogP contribution in [0.3, 0.4) is 0 Å². The molecule has 0 fully saturated rings. The number of methoxy groups -OCH3 is 1. The van der Waals surface area contributed by atoms with Crippen molar-refractivity contribution in [2.45, 2.75) is 13.5 Å². The van der Waals surface area contributed by atoms with Crippen LogP contribution in [0.15, 0.2) is 42.5 Å². The number of ether oxygens (including phenoxy) is 2. The molecule has 0 aliphatic heterocycles. The van der Waals surface area contributed by atoms with Gasteiger partial charge in [-0.1, -0.05) is 11.6 Å². The molecule has 0 aliphatic carbocycles. The third-order valence-corrected chi connectivity index (χ3v) is 2.71. The number of anilines is 1. The van der Waals surface area contributed by atoms with E-state index >= 15 is 0 Å². The molecule has 0 saturated carbocycles. The summed E-state index contributed by atoms with van der Waals surface area (Å²) in [4.78, 5) is 0. The highest BCUT2D eigenvalue weighted by Crippen LogP contribution is 2.22. The van der Waals surface area contributed by atoms with Gasteiger partial charge in [-0.05, 0) is 43.3 Å². The van der Waals surface area contributed by atoms with E-state index in [4.69, 9.17) is 15.2 Å². The van der Waals surface area contributed by atoms with Crippen molar-refractivity contribution in [1.82, 2.24) is 0 Å². The summed E-state index contributed by atoms with van der Waals surface area (Å²) in [7, 11) is 1.66. The number of nitrogens with two attached hydrogens (primary N) is 1. The van der Waals surface area contributed by atoms with Crippen molar-refractivity contribution in [1.29, 1.82) is 0 Å². The Hall–Kier alpha value is -2.16. The summed E-state index contributed by atoms with van der Waals surface area (Å²) in [6.45, 7) is 2.53. The highest BCUT2D eigenvalue weighted by atomic mass is 16.5. The van der Waals surface area contributed by atoms with Crippen molar-refractivity contribution in [2.75, 3.05) is 12.8 Å². The molecule has 0 aliphatic rings. The van der Waals surface area contributed by atoms with Crippen molar-refractivity contribution in [3.63, 3.8) is 0 Å². The number of hydrogen-bond acceptors (Lipinski definition) is 3. The molecule has 2 N–H and O–H groups in total. The van der Waals surface area contributed by atoms with Crippen LogP contribution >= 0.6 is 0 Å². The third-order valence-electron chi connectivity index (χ3n) is 2.71. The zero-order chi connectivity index (χ0) is 13.0. The summed E-state index contributed by atoms with van der Waals surface area (Å²) in [6, 6.07) is 13.4. The monoisotopic (exact) mass is 243 g/mol. The molecule has 94 valence electrons. The number of nitrogen functional groups attached to an aromatic ring is 1. The fourth-order valence-corrected chi connectivity index (χ4v) is 1.75. The van der Waals surface area contributed by atoms with Gasteiger partial charge in [0.25, 0.3) is 0 Å². The average Bonchev–Trinajstić information content (AvgIpc) is 2.38. The average molecular weight is 243 g/mol. The SMILES string of the molecule is COc1ccc(C)cc1COc1ccc(N)cc1. The summed E-state index contributed by atoms with van der Waals surface area (Å²) in [5.74, 6) is 1.64. The second-order valence-corrected chi connectivity index (χ2v) is 4.17. The molecule has 0 heterocycles. The lowest BCUT2D eigenvalue weighted by atomic mass is 10.1. The van der Waals surface area contributed by atoms with Gasteiger partial charge in [0.05, 0.1) is 7.11 Å². The van der Waals surface area contributed by atoms with Gasteiger partial charge in [0.15, 0.2) is 0 Å². The van der Waals surface area contributed by atoms with Crippen LogP contribution in [0.5, 0.6) is 11.5 Å². The molecule has 0 spiro atoms. The maximum atomic E-state index is 5.71. The fraction of sp³-hybridized carbons (Fsp3) is 0.200. The molecule has 3 nitrogen and oxygen atoms in total. The van der Waals surface area contributed by atoms with Gasteiger partial charge >= 0.3 is 0 Å². The molecule has 2 aromatic rings. The molecule has 0 saturated heterocycles. The lowest BCUT2D eigenvalue weighted by Crippen LogP contribution is -1.99. The first-order chi connectivity index (χ1) is 8.69. The van der Waals surface area contributed by atoms with Crippen LogP contribution in [0.25, 0.3) is 0 Å². The predicted octanol–water partition coefficient (Wildman–Crippen LogP) is 3.16. The largest absolute Gasteiger partial charge is 0.496 e. The van der Waals surface area contributed by atoms with Crippen LogP contribution < -0.4 is 15.2 Å². The zero-order valence-corrected chi connectivity index (χ0v) is 10.6. The lowest BCUT2D eigenvalue weighted by molar-refractivity contribution is 0.296. The highest BCUT2D eigenvalue weighted by Gasteiger charge is 2.04. The Labute approximate surface area is 107 Å². The van der Waals surface area contributed by atoms with Crippen LogP contribution in [0, 0.1) is 6.92 Å². The van der Waals surface area contributed by atoms with Crippen LogP contribution in [0.2, 0.25) is 0 Å². The van der Waals surface area contributed by atoms with Gasteiger partial charge in [-0.2, -0.15) is 0 Å². The van der Waals surface area contributed by atoms with Crippen LogP contribution in [0.4, 0.5) is 5.69 Å². The number of hydrogen-bond donors (Lipinski definition) is 1. The van der Waals surface area contributed by atoms with Gasteiger partial charge in [0.1, 0.15) is 18.1 Å². The Morgan fingerprint density at radius 3 is 2.44 bits per heavy atom. The van der Waals surface area contributed by atoms with Crippen LogP contribution in [-0.2, 0) is 6.61 Å². The number of benzene rings is 2. The molecule has 2 aromatic carbocycles. The van der Waals surface area contributed by atoms with Gasteiger partial charge in [-0.15, -0.1) is 0 Å². The molecule has 0 radical (unpaired) electrons. The maximum absolute atomic E-state index is 5.71. The van der Waals surface area contributed by atoms with Crippen molar-refractivity contribution in [3.8, 4) is 11.5 Å². The van der Waals surface area contributed by atoms with E-state index in [0.29, 0.717) is 6.61 Å². The first kappa shape index (κ1) is 12.3. The van der Waals surface area contributed by atoms with Gasteiger partial charge in [0, 0.05) is 11.3 Å². The highest BCUT2D eigenvalue weighted by molar-refractivity contribution is 5.42. The van der Waals surface area contributed by atoms with Crippen molar-refractivity contribution in [2.24, 2.45) is 0 Å². The molecular weight excluding hydrogens is 226 g/mol. The van der Waals surface area contributed by atoms with Crippen molar-refractivity contribution >= 4 is 5.69 Å². The topological polar surface area (TPSA) is 44.5 Å². The molecule has 3 heteroatoms. The Bertz CT molecular complexity index is 521. The zero-order valence-electron chi connectivity index (χ0n) is 10.6. The van der Waals surface area contributed by atoms with E-state index in [1.165, 1.54) is 5.56 Å². The summed E-state index contributed by atoms with van der Waals surface area (Å²) in [5, 5.41) is 0. The van der Waals surface area contributed by atoms with Crippen LogP contribution in [-0.4, -0.2) is 7.11 Å². The Balaban J connectivity index is 2.09. The third kappa shape index (κ3) is 2.94. The van der Waals surface area contributed by atoms with E-state index in [1.807, 2.05) is 43.3 Å². The van der Waals surface area contributed by atoms with E-state index < -0.39 is 0 Å². The van der Waals surface area contributed by atoms with Crippen molar-refractivity contribution < 1.29 is 9.47 Å². The van der Waals surface area contributed by atoms with E-state index in [1.54, 1.807) is 7.11 Å². The molecule has 0 amide bonds. The lowest BCUT2D eigenvalue weighted by Gasteiger charge is -2.11. The van der Waals surface area contributed by atoms with E-state index in [-0.39, 0.29) is 0 Å². The van der Waals surface area contributed by atoms with Gasteiger partial charge in [-0.3, -0.25) is 0 Å². The van der Waals surface area contributed by atoms with E-state index in [9.17, 15) is 0 Å².